The van der Waals surface area contributed by atoms with Crippen molar-refractivity contribution in [3.05, 3.63) is 29.8 Å². The van der Waals surface area contributed by atoms with Crippen LogP contribution in [0.25, 0.3) is 0 Å². The van der Waals surface area contributed by atoms with Crippen molar-refractivity contribution in [3.63, 3.8) is 0 Å². The molecule has 8 heteroatoms. The van der Waals surface area contributed by atoms with Crippen LogP contribution in [0, 0.1) is 6.92 Å². The molecule has 0 aromatic heterocycles. The van der Waals surface area contributed by atoms with Crippen molar-refractivity contribution in [2.24, 2.45) is 4.99 Å². The van der Waals surface area contributed by atoms with Gasteiger partial charge in [-0.2, -0.15) is 0 Å². The fourth-order valence-corrected chi connectivity index (χ4v) is 1.86. The van der Waals surface area contributed by atoms with Gasteiger partial charge in [0.15, 0.2) is 6.10 Å². The quantitative estimate of drug-likeness (QED) is 0.877. The second kappa shape index (κ2) is 8.02. The molecule has 0 radical (unpaired) electrons. The Bertz CT molecular complexity index is 603. The molecule has 2 N–H and O–H groups in total. The molecule has 0 saturated heterocycles. The van der Waals surface area contributed by atoms with Gasteiger partial charge in [0.05, 0.1) is 13.2 Å². The lowest BCUT2D eigenvalue weighted by molar-refractivity contribution is 0.138. The van der Waals surface area contributed by atoms with Gasteiger partial charge in [0, 0.05) is 0 Å². The topological polar surface area (TPSA) is 98.2 Å². The molecule has 2 rings (SSSR count). The first-order valence-corrected chi connectivity index (χ1v) is 7.22. The SMILES string of the molecule is CCOC(=O)NC(=O)NC1=NCC(COc2cccc(C)c2)O1. The molecule has 1 aromatic rings. The first-order chi connectivity index (χ1) is 11.1. The van der Waals surface area contributed by atoms with E-state index >= 15 is 0 Å². The van der Waals surface area contributed by atoms with Gasteiger partial charge in [-0.3, -0.25) is 5.32 Å². The molecule has 0 aliphatic carbocycles. The number of carbonyl (C=O) groups is 2. The van der Waals surface area contributed by atoms with Crippen molar-refractivity contribution < 1.29 is 23.8 Å². The number of nitrogens with one attached hydrogen (secondary N) is 2. The molecule has 23 heavy (non-hydrogen) atoms. The Morgan fingerprint density at radius 2 is 2.26 bits per heavy atom. The maximum atomic E-state index is 11.5. The van der Waals surface area contributed by atoms with E-state index in [9.17, 15) is 9.59 Å². The minimum atomic E-state index is -0.831. The van der Waals surface area contributed by atoms with Gasteiger partial charge in [0.2, 0.25) is 0 Å². The highest BCUT2D eigenvalue weighted by Crippen LogP contribution is 2.14. The minimum Gasteiger partial charge on any atom is -0.490 e. The second-order valence-electron chi connectivity index (χ2n) is 4.81. The molecule has 0 saturated carbocycles. The van der Waals surface area contributed by atoms with Crippen molar-refractivity contribution in [1.82, 2.24) is 10.6 Å². The van der Waals surface area contributed by atoms with Crippen LogP contribution >= 0.6 is 0 Å². The van der Waals surface area contributed by atoms with Gasteiger partial charge >= 0.3 is 12.1 Å². The van der Waals surface area contributed by atoms with E-state index < -0.39 is 12.1 Å². The molecule has 3 amide bonds. The number of carbonyl (C=O) groups excluding carboxylic acids is 2. The summed E-state index contributed by atoms with van der Waals surface area (Å²) in [5.74, 6) is 0.745. The molecular weight excluding hydrogens is 302 g/mol. The van der Waals surface area contributed by atoms with Gasteiger partial charge in [-0.1, -0.05) is 12.1 Å². The number of amidine groups is 1. The Hall–Kier alpha value is -2.77. The molecule has 0 fully saturated rings. The molecule has 8 nitrogen and oxygen atoms in total. The molecule has 1 atom stereocenters. The van der Waals surface area contributed by atoms with E-state index in [1.807, 2.05) is 36.5 Å². The summed E-state index contributed by atoms with van der Waals surface area (Å²) in [6.07, 6.45) is -1.13. The highest BCUT2D eigenvalue weighted by atomic mass is 16.6. The van der Waals surface area contributed by atoms with Crippen molar-refractivity contribution >= 4 is 18.1 Å². The Kier molecular flexibility index (Phi) is 5.79. The number of amides is 3. The highest BCUT2D eigenvalue weighted by Gasteiger charge is 2.22. The van der Waals surface area contributed by atoms with Crippen LogP contribution in [-0.4, -0.2) is 44.0 Å². The Morgan fingerprint density at radius 1 is 1.43 bits per heavy atom. The van der Waals surface area contributed by atoms with Crippen LogP contribution in [0.3, 0.4) is 0 Å². The van der Waals surface area contributed by atoms with E-state index in [1.165, 1.54) is 0 Å². The number of ether oxygens (including phenoxy) is 3. The summed E-state index contributed by atoms with van der Waals surface area (Å²) in [5, 5.41) is 4.31. The molecule has 0 spiro atoms. The van der Waals surface area contributed by atoms with E-state index in [0.29, 0.717) is 13.2 Å². The molecular formula is C15H19N3O5. The standard InChI is InChI=1S/C15H19N3O5/c1-3-21-15(20)18-13(19)17-14-16-8-12(23-14)9-22-11-6-4-5-10(2)7-11/h4-7,12H,3,8-9H2,1-2H3,(H2,16,17,18,19,20). The number of nitrogens with zero attached hydrogens (tertiary/aromatic N) is 1. The first kappa shape index (κ1) is 16.6. The van der Waals surface area contributed by atoms with Gasteiger partial charge in [0.25, 0.3) is 6.02 Å². The monoisotopic (exact) mass is 321 g/mol. The van der Waals surface area contributed by atoms with E-state index in [-0.39, 0.29) is 18.7 Å². The van der Waals surface area contributed by atoms with Crippen LogP contribution in [-0.2, 0) is 9.47 Å². The van der Waals surface area contributed by atoms with Gasteiger partial charge in [-0.25, -0.2) is 19.9 Å². The van der Waals surface area contributed by atoms with Crippen LogP contribution in [0.4, 0.5) is 9.59 Å². The number of urea groups is 1. The van der Waals surface area contributed by atoms with E-state index in [4.69, 9.17) is 9.47 Å². The predicted molar refractivity (Wildman–Crippen MR) is 82.5 cm³/mol. The molecule has 124 valence electrons. The third-order valence-electron chi connectivity index (χ3n) is 2.85. The number of imide groups is 1. The van der Waals surface area contributed by atoms with Crippen LogP contribution in [0.2, 0.25) is 0 Å². The van der Waals surface area contributed by atoms with E-state index in [2.05, 4.69) is 15.0 Å². The summed E-state index contributed by atoms with van der Waals surface area (Å²) in [4.78, 5) is 26.6. The average Bonchev–Trinajstić information content (AvgIpc) is 2.92. The summed E-state index contributed by atoms with van der Waals surface area (Å²) in [6, 6.07) is 6.94. The lowest BCUT2D eigenvalue weighted by atomic mass is 10.2. The van der Waals surface area contributed by atoms with Crippen LogP contribution < -0.4 is 15.4 Å². The van der Waals surface area contributed by atoms with Crippen molar-refractivity contribution in [2.45, 2.75) is 20.0 Å². The zero-order valence-corrected chi connectivity index (χ0v) is 13.0. The van der Waals surface area contributed by atoms with E-state index in [0.717, 1.165) is 11.3 Å². The summed E-state index contributed by atoms with van der Waals surface area (Å²) in [7, 11) is 0. The zero-order chi connectivity index (χ0) is 16.7. The minimum absolute atomic E-state index is 0.0460. The number of alkyl carbamates (subject to hydrolysis) is 1. The molecule has 1 aliphatic rings. The fraction of sp³-hybridized carbons (Fsp3) is 0.400. The second-order valence-corrected chi connectivity index (χ2v) is 4.81. The first-order valence-electron chi connectivity index (χ1n) is 7.22. The largest absolute Gasteiger partial charge is 0.490 e. The molecule has 1 aromatic carbocycles. The van der Waals surface area contributed by atoms with E-state index in [1.54, 1.807) is 6.92 Å². The maximum Gasteiger partial charge on any atom is 0.415 e. The third kappa shape index (κ3) is 5.50. The van der Waals surface area contributed by atoms with Gasteiger partial charge in [-0.05, 0) is 31.5 Å². The normalized spacial score (nSPS) is 16.1. The number of aryl methyl sites for hydroxylation is 1. The lowest BCUT2D eigenvalue weighted by Gasteiger charge is -2.13. The number of hydrogen-bond donors (Lipinski definition) is 2. The number of hydrogen-bond acceptors (Lipinski definition) is 6. The average molecular weight is 321 g/mol. The van der Waals surface area contributed by atoms with Crippen molar-refractivity contribution in [2.75, 3.05) is 19.8 Å². The maximum absolute atomic E-state index is 11.5. The molecule has 1 aliphatic heterocycles. The Morgan fingerprint density at radius 3 is 3.00 bits per heavy atom. The van der Waals surface area contributed by atoms with Crippen molar-refractivity contribution in [3.8, 4) is 5.75 Å². The summed E-state index contributed by atoms with van der Waals surface area (Å²) in [6.45, 7) is 4.46. The van der Waals surface area contributed by atoms with Gasteiger partial charge < -0.3 is 14.2 Å². The lowest BCUT2D eigenvalue weighted by Crippen LogP contribution is -2.43. The highest BCUT2D eigenvalue weighted by molar-refractivity contribution is 6.00. The van der Waals surface area contributed by atoms with Crippen LogP contribution in [0.5, 0.6) is 5.75 Å². The summed E-state index contributed by atoms with van der Waals surface area (Å²) in [5.41, 5.74) is 1.10. The molecule has 1 unspecified atom stereocenters. The zero-order valence-electron chi connectivity index (χ0n) is 13.0. The van der Waals surface area contributed by atoms with Crippen molar-refractivity contribution in [1.29, 1.82) is 0 Å². The van der Waals surface area contributed by atoms with Gasteiger partial charge in [0.1, 0.15) is 12.4 Å². The van der Waals surface area contributed by atoms with Gasteiger partial charge in [-0.15, -0.1) is 0 Å². The number of aliphatic imine (C=N–C) groups is 1. The fourth-order valence-electron chi connectivity index (χ4n) is 1.86. The molecule has 1 heterocycles. The number of benzene rings is 1. The summed E-state index contributed by atoms with van der Waals surface area (Å²) < 4.78 is 15.6. The Balaban J connectivity index is 1.71. The van der Waals surface area contributed by atoms with Crippen LogP contribution in [0.15, 0.2) is 29.3 Å². The Labute approximate surface area is 133 Å². The third-order valence-corrected chi connectivity index (χ3v) is 2.85. The van der Waals surface area contributed by atoms with Crippen LogP contribution in [0.1, 0.15) is 12.5 Å². The summed E-state index contributed by atoms with van der Waals surface area (Å²) >= 11 is 0. The number of rotatable bonds is 4. The predicted octanol–water partition coefficient (Wildman–Crippen LogP) is 1.58. The molecule has 0 bridgehead atoms. The smallest absolute Gasteiger partial charge is 0.415 e.